The summed E-state index contributed by atoms with van der Waals surface area (Å²) in [5.41, 5.74) is 0. The van der Waals surface area contributed by atoms with Gasteiger partial charge < -0.3 is 5.32 Å². The van der Waals surface area contributed by atoms with Gasteiger partial charge in [-0.15, -0.1) is 0 Å². The molecular formula is C11H21N3O2. The van der Waals surface area contributed by atoms with Crippen LogP contribution in [0.4, 0.5) is 4.79 Å². The first-order valence-corrected chi connectivity index (χ1v) is 5.93. The fraction of sp³-hybridized carbons (Fsp3) is 0.818. The zero-order chi connectivity index (χ0) is 12.0. The van der Waals surface area contributed by atoms with E-state index >= 15 is 0 Å². The first-order chi connectivity index (χ1) is 7.67. The summed E-state index contributed by atoms with van der Waals surface area (Å²) in [5, 5.41) is 4.66. The van der Waals surface area contributed by atoms with E-state index in [9.17, 15) is 9.59 Å². The Labute approximate surface area is 96.6 Å². The molecule has 1 aliphatic heterocycles. The summed E-state index contributed by atoms with van der Waals surface area (Å²) in [6.07, 6.45) is 4.60. The Bertz CT molecular complexity index is 256. The number of nitrogens with zero attached hydrogens (tertiary/aromatic N) is 1. The monoisotopic (exact) mass is 227 g/mol. The predicted molar refractivity (Wildman–Crippen MR) is 62.1 cm³/mol. The third kappa shape index (κ3) is 3.81. The Kier molecular flexibility index (Phi) is 5.25. The Morgan fingerprint density at radius 3 is 2.75 bits per heavy atom. The van der Waals surface area contributed by atoms with E-state index in [1.54, 1.807) is 0 Å². The minimum atomic E-state index is -0.435. The summed E-state index contributed by atoms with van der Waals surface area (Å²) in [5.74, 6) is -0.222. The van der Waals surface area contributed by atoms with Crippen molar-refractivity contribution in [1.82, 2.24) is 15.5 Å². The molecule has 0 radical (unpaired) electrons. The molecule has 1 saturated heterocycles. The Morgan fingerprint density at radius 2 is 2.12 bits per heavy atom. The molecule has 0 saturated carbocycles. The molecule has 0 aromatic carbocycles. The van der Waals surface area contributed by atoms with Crippen LogP contribution in [0.25, 0.3) is 0 Å². The van der Waals surface area contributed by atoms with Crippen molar-refractivity contribution >= 4 is 11.9 Å². The van der Waals surface area contributed by atoms with Gasteiger partial charge in [0.25, 0.3) is 0 Å². The van der Waals surface area contributed by atoms with Crippen LogP contribution in [0.3, 0.4) is 0 Å². The van der Waals surface area contributed by atoms with Gasteiger partial charge in [0.2, 0.25) is 5.91 Å². The molecule has 1 rings (SSSR count). The van der Waals surface area contributed by atoms with Crippen molar-refractivity contribution in [3.63, 3.8) is 0 Å². The van der Waals surface area contributed by atoms with Gasteiger partial charge in [0, 0.05) is 13.1 Å². The maximum Gasteiger partial charge on any atom is 0.321 e. The molecule has 3 amide bonds. The van der Waals surface area contributed by atoms with Crippen LogP contribution in [0, 0.1) is 0 Å². The molecule has 16 heavy (non-hydrogen) atoms. The molecular weight excluding hydrogens is 206 g/mol. The van der Waals surface area contributed by atoms with Crippen molar-refractivity contribution in [3.05, 3.63) is 0 Å². The maximum atomic E-state index is 11.5. The fourth-order valence-electron chi connectivity index (χ4n) is 2.14. The number of rotatable bonds is 3. The third-order valence-electron chi connectivity index (χ3n) is 3.05. The first kappa shape index (κ1) is 13.0. The number of carbonyl (C=O) groups excluding carboxylic acids is 2. The SMILES string of the molecule is CCC1CCCCN1CC(=O)NC(=O)NC. The maximum absolute atomic E-state index is 11.5. The predicted octanol–water partition coefficient (Wildman–Crippen LogP) is 0.707. The van der Waals surface area contributed by atoms with Crippen LogP contribution < -0.4 is 10.6 Å². The highest BCUT2D eigenvalue weighted by Crippen LogP contribution is 2.18. The number of piperidine rings is 1. The summed E-state index contributed by atoms with van der Waals surface area (Å²) >= 11 is 0. The van der Waals surface area contributed by atoms with Crippen molar-refractivity contribution in [3.8, 4) is 0 Å². The largest absolute Gasteiger partial charge is 0.341 e. The molecule has 92 valence electrons. The van der Waals surface area contributed by atoms with E-state index in [0.717, 1.165) is 25.8 Å². The lowest BCUT2D eigenvalue weighted by atomic mass is 10.0. The minimum absolute atomic E-state index is 0.222. The number of hydrogen-bond donors (Lipinski definition) is 2. The molecule has 0 aromatic heterocycles. The smallest absolute Gasteiger partial charge is 0.321 e. The lowest BCUT2D eigenvalue weighted by Gasteiger charge is -2.34. The quantitative estimate of drug-likeness (QED) is 0.746. The van der Waals surface area contributed by atoms with E-state index in [1.807, 2.05) is 0 Å². The molecule has 1 fully saturated rings. The lowest BCUT2D eigenvalue weighted by molar-refractivity contribution is -0.122. The summed E-state index contributed by atoms with van der Waals surface area (Å²) in [6, 6.07) is 0.0549. The molecule has 0 aromatic rings. The molecule has 0 bridgehead atoms. The number of carbonyl (C=O) groups is 2. The van der Waals surface area contributed by atoms with E-state index in [1.165, 1.54) is 13.5 Å². The number of imide groups is 1. The number of hydrogen-bond acceptors (Lipinski definition) is 3. The molecule has 1 aliphatic rings. The van der Waals surface area contributed by atoms with Crippen LogP contribution in [0.2, 0.25) is 0 Å². The highest BCUT2D eigenvalue weighted by atomic mass is 16.2. The number of likely N-dealkylation sites (tertiary alicyclic amines) is 1. The van der Waals surface area contributed by atoms with Crippen LogP contribution >= 0.6 is 0 Å². The van der Waals surface area contributed by atoms with Crippen molar-refractivity contribution in [2.75, 3.05) is 20.1 Å². The normalized spacial score (nSPS) is 21.5. The topological polar surface area (TPSA) is 61.4 Å². The van der Waals surface area contributed by atoms with E-state index in [2.05, 4.69) is 22.5 Å². The van der Waals surface area contributed by atoms with Crippen molar-refractivity contribution in [2.24, 2.45) is 0 Å². The molecule has 2 N–H and O–H groups in total. The van der Waals surface area contributed by atoms with Gasteiger partial charge in [0.15, 0.2) is 0 Å². The van der Waals surface area contributed by atoms with E-state index in [-0.39, 0.29) is 5.91 Å². The van der Waals surface area contributed by atoms with Crippen LogP contribution in [-0.4, -0.2) is 43.0 Å². The van der Waals surface area contributed by atoms with Crippen molar-refractivity contribution in [1.29, 1.82) is 0 Å². The molecule has 5 nitrogen and oxygen atoms in total. The lowest BCUT2D eigenvalue weighted by Crippen LogP contribution is -2.48. The highest BCUT2D eigenvalue weighted by molar-refractivity contribution is 5.95. The second kappa shape index (κ2) is 6.48. The van der Waals surface area contributed by atoms with Gasteiger partial charge in [0.1, 0.15) is 0 Å². The summed E-state index contributed by atoms with van der Waals surface area (Å²) in [4.78, 5) is 24.7. The van der Waals surface area contributed by atoms with E-state index in [0.29, 0.717) is 12.6 Å². The van der Waals surface area contributed by atoms with Crippen LogP contribution in [-0.2, 0) is 4.79 Å². The minimum Gasteiger partial charge on any atom is -0.341 e. The van der Waals surface area contributed by atoms with Crippen molar-refractivity contribution in [2.45, 2.75) is 38.6 Å². The molecule has 1 heterocycles. The highest BCUT2D eigenvalue weighted by Gasteiger charge is 2.22. The van der Waals surface area contributed by atoms with Crippen LogP contribution in [0.5, 0.6) is 0 Å². The van der Waals surface area contributed by atoms with Gasteiger partial charge in [-0.3, -0.25) is 15.0 Å². The zero-order valence-corrected chi connectivity index (χ0v) is 10.1. The van der Waals surface area contributed by atoms with Gasteiger partial charge in [-0.2, -0.15) is 0 Å². The number of nitrogens with one attached hydrogen (secondary N) is 2. The standard InChI is InChI=1S/C11H21N3O2/c1-3-9-6-4-5-7-14(9)8-10(15)13-11(16)12-2/h9H,3-8H2,1-2H3,(H2,12,13,15,16). The number of urea groups is 1. The van der Waals surface area contributed by atoms with Gasteiger partial charge in [0.05, 0.1) is 6.54 Å². The fourth-order valence-corrected chi connectivity index (χ4v) is 2.14. The van der Waals surface area contributed by atoms with E-state index < -0.39 is 6.03 Å². The zero-order valence-electron chi connectivity index (χ0n) is 10.1. The Morgan fingerprint density at radius 1 is 1.38 bits per heavy atom. The van der Waals surface area contributed by atoms with Gasteiger partial charge in [-0.25, -0.2) is 4.79 Å². The first-order valence-electron chi connectivity index (χ1n) is 5.93. The molecule has 1 unspecified atom stereocenters. The van der Waals surface area contributed by atoms with E-state index in [4.69, 9.17) is 0 Å². The van der Waals surface area contributed by atoms with Crippen molar-refractivity contribution < 1.29 is 9.59 Å². The van der Waals surface area contributed by atoms with Gasteiger partial charge in [-0.05, 0) is 25.8 Å². The van der Waals surface area contributed by atoms with Gasteiger partial charge in [-0.1, -0.05) is 13.3 Å². The van der Waals surface area contributed by atoms with Crippen LogP contribution in [0.1, 0.15) is 32.6 Å². The van der Waals surface area contributed by atoms with Crippen LogP contribution in [0.15, 0.2) is 0 Å². The average molecular weight is 227 g/mol. The second-order valence-corrected chi connectivity index (χ2v) is 4.16. The number of amides is 3. The molecule has 5 heteroatoms. The summed E-state index contributed by atoms with van der Waals surface area (Å²) in [6.45, 7) is 3.42. The summed E-state index contributed by atoms with van der Waals surface area (Å²) < 4.78 is 0. The molecule has 0 spiro atoms. The molecule has 0 aliphatic carbocycles. The average Bonchev–Trinajstić information content (AvgIpc) is 2.29. The second-order valence-electron chi connectivity index (χ2n) is 4.16. The Balaban J connectivity index is 2.39. The molecule has 1 atom stereocenters. The van der Waals surface area contributed by atoms with Gasteiger partial charge >= 0.3 is 6.03 Å². The third-order valence-corrected chi connectivity index (χ3v) is 3.05. The Hall–Kier alpha value is -1.10. The summed E-state index contributed by atoms with van der Waals surface area (Å²) in [7, 11) is 1.50.